The highest BCUT2D eigenvalue weighted by atomic mass is 19.4. The Kier molecular flexibility index (Phi) is 5.11. The lowest BCUT2D eigenvalue weighted by Gasteiger charge is -2.09. The van der Waals surface area contributed by atoms with Crippen LogP contribution in [0.25, 0.3) is 21.3 Å². The van der Waals surface area contributed by atoms with Gasteiger partial charge in [0.05, 0.1) is 5.52 Å². The molecule has 2 amide bonds. The van der Waals surface area contributed by atoms with Gasteiger partial charge in [-0.05, 0) is 47.0 Å². The van der Waals surface area contributed by atoms with Crippen molar-refractivity contribution in [3.8, 4) is 5.75 Å². The van der Waals surface area contributed by atoms with E-state index in [2.05, 4.69) is 25.2 Å². The van der Waals surface area contributed by atoms with Crippen LogP contribution in [-0.4, -0.2) is 28.0 Å². The number of aromatic nitrogens is 2. The van der Waals surface area contributed by atoms with E-state index >= 15 is 0 Å². The smallest absolute Gasteiger partial charge is 0.406 e. The molecule has 0 saturated heterocycles. The summed E-state index contributed by atoms with van der Waals surface area (Å²) in [7, 11) is 1.56. The third kappa shape index (κ3) is 4.45. The van der Waals surface area contributed by atoms with Crippen LogP contribution in [0.5, 0.6) is 5.75 Å². The second-order valence-corrected chi connectivity index (χ2v) is 5.73. The maximum absolute atomic E-state index is 12.5. The molecule has 0 aliphatic heterocycles. The van der Waals surface area contributed by atoms with Gasteiger partial charge in [0.15, 0.2) is 5.69 Å². The number of hydrogen-bond donors (Lipinski definition) is 1. The van der Waals surface area contributed by atoms with Crippen molar-refractivity contribution in [2.75, 3.05) is 5.32 Å². The minimum atomic E-state index is -4.81. The fourth-order valence-corrected chi connectivity index (χ4v) is 2.59. The first-order valence-corrected chi connectivity index (χ1v) is 7.91. The Morgan fingerprint density at radius 1 is 1.21 bits per heavy atom. The summed E-state index contributed by atoms with van der Waals surface area (Å²) in [5.41, 5.74) is 9.21. The summed E-state index contributed by atoms with van der Waals surface area (Å²) in [5, 5.41) is 10.1. The molecule has 1 heterocycles. The molecule has 0 spiro atoms. The Bertz CT molecular complexity index is 1150. The Labute approximate surface area is 160 Å². The molecular weight excluding hydrogens is 393 g/mol. The van der Waals surface area contributed by atoms with E-state index in [0.717, 1.165) is 12.1 Å². The van der Waals surface area contributed by atoms with Crippen LogP contribution in [0.1, 0.15) is 20.8 Å². The number of anilines is 1. The molecule has 0 saturated carbocycles. The van der Waals surface area contributed by atoms with Gasteiger partial charge in [0, 0.05) is 28.6 Å². The molecule has 148 valence electrons. The van der Waals surface area contributed by atoms with Gasteiger partial charge >= 0.3 is 6.36 Å². The van der Waals surface area contributed by atoms with E-state index in [0.29, 0.717) is 10.9 Å². The number of azide groups is 1. The number of nitrogens with zero attached hydrogens (tertiary/aromatic N) is 5. The summed E-state index contributed by atoms with van der Waals surface area (Å²) in [6.45, 7) is 0. The van der Waals surface area contributed by atoms with Crippen LogP contribution in [0.4, 0.5) is 18.9 Å². The molecular formula is C17H11F3N6O3. The van der Waals surface area contributed by atoms with E-state index in [9.17, 15) is 22.8 Å². The zero-order valence-corrected chi connectivity index (χ0v) is 14.6. The number of nitrogens with one attached hydrogen (secondary N) is 1. The van der Waals surface area contributed by atoms with Gasteiger partial charge in [0.25, 0.3) is 5.91 Å². The predicted molar refractivity (Wildman–Crippen MR) is 95.3 cm³/mol. The number of aryl methyl sites for hydroxylation is 1. The number of alkyl halides is 3. The first-order valence-electron chi connectivity index (χ1n) is 7.91. The zero-order chi connectivity index (χ0) is 21.2. The van der Waals surface area contributed by atoms with Gasteiger partial charge in [-0.15, -0.1) is 13.2 Å². The summed E-state index contributed by atoms with van der Waals surface area (Å²) in [4.78, 5) is 26.7. The molecule has 0 radical (unpaired) electrons. The molecule has 1 aromatic heterocycles. The van der Waals surface area contributed by atoms with Crippen molar-refractivity contribution in [2.45, 2.75) is 6.36 Å². The molecule has 0 unspecified atom stereocenters. The van der Waals surface area contributed by atoms with Crippen molar-refractivity contribution in [2.24, 2.45) is 12.2 Å². The molecule has 9 nitrogen and oxygen atoms in total. The van der Waals surface area contributed by atoms with Gasteiger partial charge in [0.2, 0.25) is 5.91 Å². The molecule has 1 N–H and O–H groups in total. The van der Waals surface area contributed by atoms with E-state index < -0.39 is 23.9 Å². The largest absolute Gasteiger partial charge is 0.573 e. The number of rotatable bonds is 4. The normalized spacial score (nSPS) is 11.0. The van der Waals surface area contributed by atoms with Gasteiger partial charge in [-0.2, -0.15) is 5.10 Å². The first-order chi connectivity index (χ1) is 13.7. The summed E-state index contributed by atoms with van der Waals surface area (Å²) < 4.78 is 41.7. The molecule has 12 heteroatoms. The fraction of sp³-hybridized carbons (Fsp3) is 0.118. The van der Waals surface area contributed by atoms with Crippen LogP contribution in [0.15, 0.2) is 47.6 Å². The predicted octanol–water partition coefficient (Wildman–Crippen LogP) is 4.17. The first kappa shape index (κ1) is 19.7. The molecule has 0 bridgehead atoms. The number of halogens is 3. The Morgan fingerprint density at radius 2 is 1.90 bits per heavy atom. The van der Waals surface area contributed by atoms with Crippen molar-refractivity contribution in [1.82, 2.24) is 9.78 Å². The summed E-state index contributed by atoms with van der Waals surface area (Å²) in [5.74, 6) is -1.80. The molecule has 29 heavy (non-hydrogen) atoms. The summed E-state index contributed by atoms with van der Waals surface area (Å²) >= 11 is 0. The number of ether oxygens (including phenoxy) is 1. The van der Waals surface area contributed by atoms with Crippen molar-refractivity contribution >= 4 is 28.4 Å². The lowest BCUT2D eigenvalue weighted by atomic mass is 10.1. The van der Waals surface area contributed by atoms with Crippen molar-refractivity contribution in [3.63, 3.8) is 0 Å². The number of amides is 2. The SMILES string of the molecule is Cn1nc(C(=O)Nc2ccc(OC(F)(F)F)cc2)c2ccc(C(=O)N=[N+]=[N-])cc21. The lowest BCUT2D eigenvalue weighted by molar-refractivity contribution is -0.274. The highest BCUT2D eigenvalue weighted by molar-refractivity contribution is 6.12. The maximum atomic E-state index is 12.5. The quantitative estimate of drug-likeness (QED) is 0.398. The molecule has 3 rings (SSSR count). The molecule has 0 aliphatic carbocycles. The number of carbonyl (C=O) groups is 2. The topological polar surface area (TPSA) is 122 Å². The standard InChI is InChI=1S/C17H11F3N6O3/c1-26-13-8-9(15(27)23-25-21)2-7-12(13)14(24-26)16(28)22-10-3-5-11(6-4-10)29-17(18,19)20/h2-8H,1H3,(H,22,28). The average molecular weight is 404 g/mol. The minimum Gasteiger partial charge on any atom is -0.406 e. The van der Waals surface area contributed by atoms with Crippen molar-refractivity contribution < 1.29 is 27.5 Å². The number of hydrogen-bond acceptors (Lipinski definition) is 4. The molecule has 2 aromatic carbocycles. The minimum absolute atomic E-state index is 0.0425. The average Bonchev–Trinajstić information content (AvgIpc) is 2.99. The van der Waals surface area contributed by atoms with E-state index in [1.165, 1.54) is 35.0 Å². The molecule has 0 atom stereocenters. The number of carbonyl (C=O) groups excluding carboxylic acids is 2. The lowest BCUT2D eigenvalue weighted by Crippen LogP contribution is -2.17. The number of benzene rings is 2. The second-order valence-electron chi connectivity index (χ2n) is 5.73. The fourth-order valence-electron chi connectivity index (χ4n) is 2.59. The third-order valence-electron chi connectivity index (χ3n) is 3.79. The highest BCUT2D eigenvalue weighted by Gasteiger charge is 2.31. The van der Waals surface area contributed by atoms with Crippen LogP contribution in [0, 0.1) is 0 Å². The van der Waals surface area contributed by atoms with E-state index in [-0.39, 0.29) is 16.9 Å². The molecule has 0 aliphatic rings. The highest BCUT2D eigenvalue weighted by Crippen LogP contribution is 2.25. The Morgan fingerprint density at radius 3 is 2.52 bits per heavy atom. The van der Waals surface area contributed by atoms with Gasteiger partial charge in [0.1, 0.15) is 5.75 Å². The third-order valence-corrected chi connectivity index (χ3v) is 3.79. The van der Waals surface area contributed by atoms with E-state index in [1.807, 2.05) is 0 Å². The van der Waals surface area contributed by atoms with Crippen LogP contribution in [-0.2, 0) is 7.05 Å². The Hall–Kier alpha value is -4.05. The van der Waals surface area contributed by atoms with Gasteiger partial charge in [-0.3, -0.25) is 14.3 Å². The Balaban J connectivity index is 1.84. The van der Waals surface area contributed by atoms with E-state index in [1.54, 1.807) is 7.05 Å². The van der Waals surface area contributed by atoms with Crippen LogP contribution in [0.3, 0.4) is 0 Å². The molecule has 3 aromatic rings. The summed E-state index contributed by atoms with van der Waals surface area (Å²) in [6, 6.07) is 8.93. The summed E-state index contributed by atoms with van der Waals surface area (Å²) in [6.07, 6.45) is -4.81. The van der Waals surface area contributed by atoms with Crippen molar-refractivity contribution in [3.05, 3.63) is 64.2 Å². The maximum Gasteiger partial charge on any atom is 0.573 e. The van der Waals surface area contributed by atoms with Crippen LogP contribution < -0.4 is 10.1 Å². The van der Waals surface area contributed by atoms with E-state index in [4.69, 9.17) is 5.53 Å². The van der Waals surface area contributed by atoms with Gasteiger partial charge in [-0.1, -0.05) is 6.07 Å². The second kappa shape index (κ2) is 7.52. The van der Waals surface area contributed by atoms with Gasteiger partial charge < -0.3 is 10.1 Å². The van der Waals surface area contributed by atoms with Crippen LogP contribution >= 0.6 is 0 Å². The van der Waals surface area contributed by atoms with Crippen molar-refractivity contribution in [1.29, 1.82) is 0 Å². The monoisotopic (exact) mass is 404 g/mol. The zero-order valence-electron chi connectivity index (χ0n) is 14.6. The number of fused-ring (bicyclic) bond motifs is 1. The van der Waals surface area contributed by atoms with Gasteiger partial charge in [-0.25, -0.2) is 0 Å². The van der Waals surface area contributed by atoms with Crippen LogP contribution in [0.2, 0.25) is 0 Å². The molecule has 0 fully saturated rings.